The highest BCUT2D eigenvalue weighted by Crippen LogP contribution is 2.38. The van der Waals surface area contributed by atoms with Crippen LogP contribution in [-0.4, -0.2) is 53.9 Å². The highest BCUT2D eigenvalue weighted by Gasteiger charge is 2.51. The van der Waals surface area contributed by atoms with Crippen LogP contribution in [0.1, 0.15) is 57.8 Å². The molecule has 0 radical (unpaired) electrons. The monoisotopic (exact) mass is 673 g/mol. The fourth-order valence-electron chi connectivity index (χ4n) is 5.38. The van der Waals surface area contributed by atoms with Crippen LogP contribution in [0.25, 0.3) is 0 Å². The minimum Gasteiger partial charge on any atom is -0.483 e. The van der Waals surface area contributed by atoms with E-state index in [0.29, 0.717) is 17.7 Å². The van der Waals surface area contributed by atoms with Gasteiger partial charge in [-0.2, -0.15) is 21.6 Å². The van der Waals surface area contributed by atoms with Gasteiger partial charge in [0.15, 0.2) is 11.4 Å². The van der Waals surface area contributed by atoms with Gasteiger partial charge in [-0.1, -0.05) is 30.3 Å². The highest BCUT2D eigenvalue weighted by atomic mass is 32.2. The number of nitrogens with one attached hydrogen (secondary N) is 1. The average Bonchev–Trinajstić information content (AvgIpc) is 3.11. The molecule has 46 heavy (non-hydrogen) atoms. The van der Waals surface area contributed by atoms with Crippen molar-refractivity contribution in [1.29, 1.82) is 0 Å². The van der Waals surface area contributed by atoms with Crippen LogP contribution in [0.5, 0.6) is 5.75 Å². The first-order chi connectivity index (χ1) is 21.6. The maximum Gasteiger partial charge on any atom is 0.523 e. The summed E-state index contributed by atoms with van der Waals surface area (Å²) < 4.78 is 117. The van der Waals surface area contributed by atoms with Gasteiger partial charge < -0.3 is 19.5 Å². The third-order valence-corrected chi connectivity index (χ3v) is 8.83. The van der Waals surface area contributed by atoms with E-state index in [-0.39, 0.29) is 26.0 Å². The predicted octanol–water partition coefficient (Wildman–Crippen LogP) is 4.19. The van der Waals surface area contributed by atoms with Crippen LogP contribution in [0.15, 0.2) is 53.5 Å². The molecule has 2 aliphatic rings. The summed E-state index contributed by atoms with van der Waals surface area (Å²) in [5, 5.41) is 2.14. The second-order valence-corrected chi connectivity index (χ2v) is 12.3. The highest BCUT2D eigenvalue weighted by molar-refractivity contribution is 7.87. The molecular formula is C29H25F6N3O7S. The van der Waals surface area contributed by atoms with E-state index in [1.807, 2.05) is 0 Å². The van der Waals surface area contributed by atoms with E-state index in [2.05, 4.69) is 9.50 Å². The van der Waals surface area contributed by atoms with Crippen molar-refractivity contribution in [3.8, 4) is 5.75 Å². The Balaban J connectivity index is 1.62. The van der Waals surface area contributed by atoms with Crippen molar-refractivity contribution in [1.82, 2.24) is 14.8 Å². The smallest absolute Gasteiger partial charge is 0.483 e. The lowest BCUT2D eigenvalue weighted by molar-refractivity contribution is -0.0597. The molecule has 1 saturated heterocycles. The molecule has 3 atom stereocenters. The number of nitrogens with zero attached hydrogens (tertiary/aromatic N) is 2. The van der Waals surface area contributed by atoms with E-state index >= 15 is 0 Å². The number of fused-ring (bicyclic) bond motifs is 4. The van der Waals surface area contributed by atoms with E-state index in [1.54, 1.807) is 37.3 Å². The second-order valence-electron chi connectivity index (χ2n) is 10.7. The predicted molar refractivity (Wildman–Crippen MR) is 148 cm³/mol. The van der Waals surface area contributed by atoms with E-state index in [4.69, 9.17) is 4.74 Å². The van der Waals surface area contributed by atoms with Crippen LogP contribution >= 0.6 is 0 Å². The normalized spacial score (nSPS) is 19.8. The molecule has 0 aliphatic carbocycles. The minimum atomic E-state index is -6.11. The summed E-state index contributed by atoms with van der Waals surface area (Å²) in [5.74, 6) is -6.52. The first-order valence-electron chi connectivity index (χ1n) is 13.8. The third kappa shape index (κ3) is 6.33. The fraction of sp³-hybridized carbons (Fsp3) is 0.345. The van der Waals surface area contributed by atoms with Gasteiger partial charge in [0.1, 0.15) is 29.6 Å². The summed E-state index contributed by atoms with van der Waals surface area (Å²) >= 11 is 0. The first-order valence-corrected chi connectivity index (χ1v) is 15.2. The van der Waals surface area contributed by atoms with Crippen molar-refractivity contribution < 1.29 is 53.3 Å². The molecule has 2 aromatic carbocycles. The Hall–Kier alpha value is -4.38. The summed E-state index contributed by atoms with van der Waals surface area (Å²) in [5.41, 5.74) is -8.31. The Morgan fingerprint density at radius 1 is 1.04 bits per heavy atom. The van der Waals surface area contributed by atoms with Crippen molar-refractivity contribution in [2.24, 2.45) is 0 Å². The molecule has 1 fully saturated rings. The van der Waals surface area contributed by atoms with Crippen LogP contribution in [0.4, 0.5) is 26.3 Å². The molecule has 3 unspecified atom stereocenters. The molecule has 0 spiro atoms. The first kappa shape index (κ1) is 33.0. The van der Waals surface area contributed by atoms with E-state index in [1.165, 1.54) is 4.90 Å². The number of aromatic nitrogens is 1. The van der Waals surface area contributed by atoms with Crippen molar-refractivity contribution in [2.75, 3.05) is 6.54 Å². The maximum atomic E-state index is 14.2. The van der Waals surface area contributed by atoms with Gasteiger partial charge in [-0.15, -0.1) is 0 Å². The minimum absolute atomic E-state index is 0.0292. The van der Waals surface area contributed by atoms with Crippen LogP contribution in [-0.2, 0) is 27.5 Å². The Bertz CT molecular complexity index is 1830. The number of hydrogen-bond donors (Lipinski definition) is 1. The Morgan fingerprint density at radius 2 is 1.70 bits per heavy atom. The Labute approximate surface area is 257 Å². The number of benzene rings is 2. The number of ether oxygens (including phenoxy) is 1. The van der Waals surface area contributed by atoms with Gasteiger partial charge in [-0.05, 0) is 25.3 Å². The third-order valence-electron chi connectivity index (χ3n) is 7.76. The molecular weight excluding hydrogens is 648 g/mol. The zero-order chi connectivity index (χ0) is 33.6. The molecule has 1 N–H and O–H groups in total. The lowest BCUT2D eigenvalue weighted by Gasteiger charge is -2.39. The molecule has 1 aromatic heterocycles. The summed E-state index contributed by atoms with van der Waals surface area (Å²) in [4.78, 5) is 42.0. The van der Waals surface area contributed by atoms with Gasteiger partial charge in [0, 0.05) is 43.0 Å². The molecule has 2 amide bonds. The van der Waals surface area contributed by atoms with Gasteiger partial charge in [0.05, 0.1) is 12.1 Å². The number of hydrogen-bond acceptors (Lipinski definition) is 7. The van der Waals surface area contributed by atoms with Crippen LogP contribution in [0.3, 0.4) is 0 Å². The quantitative estimate of drug-likeness (QED) is 0.216. The molecule has 2 aliphatic heterocycles. The average molecular weight is 674 g/mol. The number of alkyl halides is 3. The van der Waals surface area contributed by atoms with Gasteiger partial charge >= 0.3 is 15.6 Å². The van der Waals surface area contributed by atoms with Gasteiger partial charge in [0.2, 0.25) is 5.43 Å². The van der Waals surface area contributed by atoms with E-state index < -0.39 is 97.6 Å². The number of amides is 2. The number of carbonyl (C=O) groups is 2. The molecule has 3 aromatic rings. The molecule has 2 bridgehead atoms. The zero-order valence-corrected chi connectivity index (χ0v) is 24.6. The van der Waals surface area contributed by atoms with Crippen molar-refractivity contribution in [3.63, 3.8) is 0 Å². The largest absolute Gasteiger partial charge is 0.523 e. The lowest BCUT2D eigenvalue weighted by Crippen LogP contribution is -2.50. The van der Waals surface area contributed by atoms with E-state index in [9.17, 15) is 49.1 Å². The Morgan fingerprint density at radius 3 is 2.33 bits per heavy atom. The summed E-state index contributed by atoms with van der Waals surface area (Å²) in [6.45, 7) is 0.0971. The van der Waals surface area contributed by atoms with E-state index in [0.717, 1.165) is 10.8 Å². The molecule has 246 valence electrons. The summed E-state index contributed by atoms with van der Waals surface area (Å²) in [7, 11) is -6.11. The Kier molecular flexibility index (Phi) is 8.92. The van der Waals surface area contributed by atoms with Gasteiger partial charge in [-0.25, -0.2) is 13.2 Å². The number of pyridine rings is 1. The molecule has 5 rings (SSSR count). The number of rotatable bonds is 8. The lowest BCUT2D eigenvalue weighted by atomic mass is 10.0. The summed E-state index contributed by atoms with van der Waals surface area (Å²) in [6, 6.07) is 7.08. The molecule has 17 heteroatoms. The summed E-state index contributed by atoms with van der Waals surface area (Å²) in [6.07, 6.45) is -1.09. The SMILES string of the molecule is CC1CCC(OS(=O)(=O)C(F)(F)F)C2CN1C(=O)c1c(OCc3ccccc3)c(=O)c(C(=O)NCc3c(F)cc(F)cc3F)cn12. The van der Waals surface area contributed by atoms with Crippen molar-refractivity contribution >= 4 is 21.9 Å². The van der Waals surface area contributed by atoms with Crippen molar-refractivity contribution in [3.05, 3.63) is 98.7 Å². The molecule has 0 saturated carbocycles. The number of halogens is 6. The van der Waals surface area contributed by atoms with Crippen molar-refractivity contribution in [2.45, 2.75) is 56.6 Å². The molecule has 10 nitrogen and oxygen atoms in total. The second kappa shape index (κ2) is 12.4. The van der Waals surface area contributed by atoms with Gasteiger partial charge in [-0.3, -0.25) is 18.6 Å². The molecule has 3 heterocycles. The maximum absolute atomic E-state index is 14.2. The standard InChI is InChI=1S/C29H25F6N3O7S/c1-15-7-8-23(45-46(42,43)29(33,34)35)22-13-37(15)28(41)24-26(44-14-16-5-3-2-4-6-16)25(39)19(12-38(22)24)27(40)36-11-18-20(31)9-17(30)10-21(18)32/h2-6,9-10,12,15,22-23H,7-8,11,13-14H2,1H3,(H,36,40). The van der Waals surface area contributed by atoms with Crippen LogP contribution in [0, 0.1) is 17.5 Å². The van der Waals surface area contributed by atoms with Crippen LogP contribution < -0.4 is 15.5 Å². The van der Waals surface area contributed by atoms with Crippen LogP contribution in [0.2, 0.25) is 0 Å². The number of carbonyl (C=O) groups excluding carboxylic acids is 2. The topological polar surface area (TPSA) is 124 Å². The zero-order valence-electron chi connectivity index (χ0n) is 23.8. The van der Waals surface area contributed by atoms with Gasteiger partial charge in [0.25, 0.3) is 11.8 Å². The fourth-order valence-corrected chi connectivity index (χ4v) is 6.04.